The molecule has 1 unspecified atom stereocenters. The van der Waals surface area contributed by atoms with Crippen LogP contribution >= 0.6 is 23.2 Å². The third kappa shape index (κ3) is 2.89. The highest BCUT2D eigenvalue weighted by Gasteiger charge is 2.20. The zero-order chi connectivity index (χ0) is 13.1. The lowest BCUT2D eigenvalue weighted by Crippen LogP contribution is -2.12. The van der Waals surface area contributed by atoms with Gasteiger partial charge in [0.2, 0.25) is 0 Å². The minimum Gasteiger partial charge on any atom is -0.299 e. The highest BCUT2D eigenvalue weighted by atomic mass is 35.5. The van der Waals surface area contributed by atoms with Gasteiger partial charge in [0, 0.05) is 5.02 Å². The molecule has 0 aliphatic rings. The highest BCUT2D eigenvalue weighted by molar-refractivity contribution is 6.30. The normalized spacial score (nSPS) is 12.2. The van der Waals surface area contributed by atoms with E-state index in [-0.39, 0.29) is 5.78 Å². The summed E-state index contributed by atoms with van der Waals surface area (Å²) < 4.78 is 0. The number of hydrogen-bond donors (Lipinski definition) is 0. The van der Waals surface area contributed by atoms with Crippen LogP contribution in [0.15, 0.2) is 42.5 Å². The van der Waals surface area contributed by atoms with Crippen molar-refractivity contribution >= 4 is 29.0 Å². The summed E-state index contributed by atoms with van der Waals surface area (Å²) in [5.41, 5.74) is 1.51. The Hall–Kier alpha value is -1.38. The maximum Gasteiger partial charge on any atom is 0.143 e. The molecule has 0 aliphatic heterocycles. The number of rotatable bonds is 3. The van der Waals surface area contributed by atoms with Crippen molar-refractivity contribution in [3.8, 4) is 0 Å². The Morgan fingerprint density at radius 2 is 1.78 bits per heavy atom. The number of carbonyl (C=O) groups is 1. The Bertz CT molecular complexity index is 566. The Morgan fingerprint density at radius 3 is 2.33 bits per heavy atom. The molecular formula is C14H11Cl2NO. The lowest BCUT2D eigenvalue weighted by Gasteiger charge is -2.14. The molecule has 0 bridgehead atoms. The van der Waals surface area contributed by atoms with Crippen LogP contribution in [0.25, 0.3) is 0 Å². The second-order valence-electron chi connectivity index (χ2n) is 3.98. The molecule has 0 aliphatic carbocycles. The van der Waals surface area contributed by atoms with Gasteiger partial charge in [0.15, 0.2) is 0 Å². The van der Waals surface area contributed by atoms with Crippen LogP contribution in [0.1, 0.15) is 24.1 Å². The van der Waals surface area contributed by atoms with Crippen molar-refractivity contribution < 1.29 is 4.79 Å². The number of hydrogen-bond acceptors (Lipinski definition) is 2. The first kappa shape index (κ1) is 13.1. The molecule has 0 saturated carbocycles. The maximum atomic E-state index is 11.8. The summed E-state index contributed by atoms with van der Waals surface area (Å²) in [4.78, 5) is 16.0. The fourth-order valence-electron chi connectivity index (χ4n) is 1.85. The van der Waals surface area contributed by atoms with Gasteiger partial charge in [-0.2, -0.15) is 0 Å². The van der Waals surface area contributed by atoms with Gasteiger partial charge in [0.1, 0.15) is 10.9 Å². The van der Waals surface area contributed by atoms with Gasteiger partial charge >= 0.3 is 0 Å². The van der Waals surface area contributed by atoms with Crippen LogP contribution in [0.3, 0.4) is 0 Å². The van der Waals surface area contributed by atoms with Crippen molar-refractivity contribution in [1.29, 1.82) is 0 Å². The van der Waals surface area contributed by atoms with Crippen LogP contribution in [0.4, 0.5) is 0 Å². The van der Waals surface area contributed by atoms with Crippen LogP contribution in [-0.2, 0) is 4.79 Å². The van der Waals surface area contributed by atoms with E-state index in [9.17, 15) is 4.79 Å². The number of carbonyl (C=O) groups excluding carboxylic acids is 1. The van der Waals surface area contributed by atoms with E-state index in [2.05, 4.69) is 4.98 Å². The van der Waals surface area contributed by atoms with Gasteiger partial charge in [-0.3, -0.25) is 4.79 Å². The van der Waals surface area contributed by atoms with Crippen molar-refractivity contribution in [2.75, 3.05) is 0 Å². The Balaban J connectivity index is 2.46. The Morgan fingerprint density at radius 1 is 1.11 bits per heavy atom. The molecule has 0 amide bonds. The van der Waals surface area contributed by atoms with Crippen LogP contribution in [0, 0.1) is 0 Å². The lowest BCUT2D eigenvalue weighted by molar-refractivity contribution is -0.117. The topological polar surface area (TPSA) is 30.0 Å². The number of Topliss-reactive ketones (excluding diaryl/α,β-unsaturated/α-hetero) is 1. The zero-order valence-corrected chi connectivity index (χ0v) is 11.2. The van der Waals surface area contributed by atoms with Crippen LogP contribution < -0.4 is 0 Å². The van der Waals surface area contributed by atoms with Crippen LogP contribution in [-0.4, -0.2) is 10.8 Å². The molecule has 2 rings (SSSR count). The van der Waals surface area contributed by atoms with E-state index >= 15 is 0 Å². The van der Waals surface area contributed by atoms with Gasteiger partial charge in [-0.1, -0.05) is 41.4 Å². The summed E-state index contributed by atoms with van der Waals surface area (Å²) in [6, 6.07) is 12.5. The SMILES string of the molecule is CC(=O)C(c1ccc(Cl)cc1)c1cccc(Cl)n1. The molecule has 0 fully saturated rings. The number of ketones is 1. The van der Waals surface area contributed by atoms with Gasteiger partial charge in [-0.05, 0) is 36.8 Å². The summed E-state index contributed by atoms with van der Waals surface area (Å²) in [7, 11) is 0. The minimum atomic E-state index is -0.402. The molecule has 0 spiro atoms. The monoisotopic (exact) mass is 279 g/mol. The summed E-state index contributed by atoms with van der Waals surface area (Å²) in [5, 5.41) is 1.02. The maximum absolute atomic E-state index is 11.8. The number of benzene rings is 1. The molecule has 0 N–H and O–H groups in total. The third-order valence-electron chi connectivity index (χ3n) is 2.64. The summed E-state index contributed by atoms with van der Waals surface area (Å²) in [6.07, 6.45) is 0. The third-order valence-corrected chi connectivity index (χ3v) is 3.10. The second kappa shape index (κ2) is 5.51. The van der Waals surface area contributed by atoms with Gasteiger partial charge in [0.05, 0.1) is 11.6 Å². The first-order chi connectivity index (χ1) is 8.58. The molecular weight excluding hydrogens is 269 g/mol. The predicted molar refractivity (Wildman–Crippen MR) is 73.2 cm³/mol. The molecule has 92 valence electrons. The number of pyridine rings is 1. The molecule has 2 nitrogen and oxygen atoms in total. The summed E-state index contributed by atoms with van der Waals surface area (Å²) in [6.45, 7) is 1.54. The number of nitrogens with zero attached hydrogens (tertiary/aromatic N) is 1. The molecule has 2 aromatic rings. The molecule has 1 atom stereocenters. The molecule has 1 heterocycles. The standard InChI is InChI=1S/C14H11Cl2NO/c1-9(18)14(10-5-7-11(15)8-6-10)12-3-2-4-13(16)17-12/h2-8,14H,1H3. The zero-order valence-electron chi connectivity index (χ0n) is 9.73. The Kier molecular flexibility index (Phi) is 4.00. The van der Waals surface area contributed by atoms with E-state index in [0.717, 1.165) is 5.56 Å². The highest BCUT2D eigenvalue weighted by Crippen LogP contribution is 2.26. The Labute approximate surface area is 116 Å². The van der Waals surface area contributed by atoms with Crippen molar-refractivity contribution in [1.82, 2.24) is 4.98 Å². The first-order valence-electron chi connectivity index (χ1n) is 5.46. The molecule has 0 saturated heterocycles. The van der Waals surface area contributed by atoms with E-state index in [1.54, 1.807) is 37.3 Å². The minimum absolute atomic E-state index is 0.0205. The van der Waals surface area contributed by atoms with Crippen molar-refractivity contribution in [2.24, 2.45) is 0 Å². The van der Waals surface area contributed by atoms with E-state index in [1.165, 1.54) is 0 Å². The number of aromatic nitrogens is 1. The van der Waals surface area contributed by atoms with Gasteiger partial charge in [0.25, 0.3) is 0 Å². The van der Waals surface area contributed by atoms with Crippen LogP contribution in [0.5, 0.6) is 0 Å². The fraction of sp³-hybridized carbons (Fsp3) is 0.143. The van der Waals surface area contributed by atoms with Crippen molar-refractivity contribution in [3.63, 3.8) is 0 Å². The van der Waals surface area contributed by atoms with E-state index in [1.807, 2.05) is 12.1 Å². The van der Waals surface area contributed by atoms with Gasteiger partial charge < -0.3 is 0 Å². The van der Waals surface area contributed by atoms with E-state index in [4.69, 9.17) is 23.2 Å². The molecule has 0 radical (unpaired) electrons. The van der Waals surface area contributed by atoms with Gasteiger partial charge in [-0.25, -0.2) is 4.98 Å². The van der Waals surface area contributed by atoms with E-state index < -0.39 is 5.92 Å². The quantitative estimate of drug-likeness (QED) is 0.792. The fourth-order valence-corrected chi connectivity index (χ4v) is 2.15. The molecule has 1 aromatic carbocycles. The molecule has 18 heavy (non-hydrogen) atoms. The van der Waals surface area contributed by atoms with E-state index in [0.29, 0.717) is 15.9 Å². The smallest absolute Gasteiger partial charge is 0.143 e. The second-order valence-corrected chi connectivity index (χ2v) is 4.80. The lowest BCUT2D eigenvalue weighted by atomic mass is 9.92. The molecule has 4 heteroatoms. The predicted octanol–water partition coefficient (Wildman–Crippen LogP) is 4.11. The number of halogens is 2. The first-order valence-corrected chi connectivity index (χ1v) is 6.22. The largest absolute Gasteiger partial charge is 0.299 e. The average molecular weight is 280 g/mol. The average Bonchev–Trinajstić information content (AvgIpc) is 2.32. The summed E-state index contributed by atoms with van der Waals surface area (Å²) in [5.74, 6) is -0.381. The van der Waals surface area contributed by atoms with Gasteiger partial charge in [-0.15, -0.1) is 0 Å². The van der Waals surface area contributed by atoms with Crippen molar-refractivity contribution in [2.45, 2.75) is 12.8 Å². The van der Waals surface area contributed by atoms with Crippen molar-refractivity contribution in [3.05, 3.63) is 63.9 Å². The molecule has 1 aromatic heterocycles. The summed E-state index contributed by atoms with van der Waals surface area (Å²) >= 11 is 11.7. The van der Waals surface area contributed by atoms with Crippen LogP contribution in [0.2, 0.25) is 10.2 Å².